The lowest BCUT2D eigenvalue weighted by Crippen LogP contribution is -2.47. The summed E-state index contributed by atoms with van der Waals surface area (Å²) in [5, 5.41) is 2.79. The standard InChI is InChI=1S/C20H26N2O4S/c1-6-18(20(23)21-17-9-7-8-10-19(17)26-4)22(27(5,24)25)16-12-14(2)11-15(3)13-16/h7-13,18H,6H2,1-5H3,(H,21,23)/t18-/m0/s1. The number of nitrogens with zero attached hydrogens (tertiary/aromatic N) is 1. The van der Waals surface area contributed by atoms with Crippen molar-refractivity contribution in [1.29, 1.82) is 0 Å². The van der Waals surface area contributed by atoms with Gasteiger partial charge < -0.3 is 10.1 Å². The van der Waals surface area contributed by atoms with E-state index in [0.717, 1.165) is 17.4 Å². The van der Waals surface area contributed by atoms with Crippen LogP contribution in [0.15, 0.2) is 42.5 Å². The number of rotatable bonds is 7. The fraction of sp³-hybridized carbons (Fsp3) is 0.350. The van der Waals surface area contributed by atoms with E-state index in [-0.39, 0.29) is 0 Å². The molecule has 0 aliphatic heterocycles. The molecule has 2 aromatic rings. The maximum atomic E-state index is 13.0. The van der Waals surface area contributed by atoms with E-state index >= 15 is 0 Å². The number of ether oxygens (including phenoxy) is 1. The number of amides is 1. The van der Waals surface area contributed by atoms with E-state index in [1.807, 2.05) is 19.9 Å². The van der Waals surface area contributed by atoms with Crippen LogP contribution in [0.5, 0.6) is 5.75 Å². The number of methoxy groups -OCH3 is 1. The Kier molecular flexibility index (Phi) is 6.49. The molecule has 0 radical (unpaired) electrons. The Morgan fingerprint density at radius 3 is 2.26 bits per heavy atom. The third-order valence-corrected chi connectivity index (χ3v) is 5.34. The lowest BCUT2D eigenvalue weighted by Gasteiger charge is -2.30. The van der Waals surface area contributed by atoms with Gasteiger partial charge in [-0.1, -0.05) is 25.1 Å². The molecular weight excluding hydrogens is 364 g/mol. The van der Waals surface area contributed by atoms with Crippen molar-refractivity contribution in [2.75, 3.05) is 23.0 Å². The van der Waals surface area contributed by atoms with E-state index in [1.165, 1.54) is 11.4 Å². The van der Waals surface area contributed by atoms with Crippen LogP contribution in [0.1, 0.15) is 24.5 Å². The maximum absolute atomic E-state index is 13.0. The van der Waals surface area contributed by atoms with Gasteiger partial charge in [-0.2, -0.15) is 0 Å². The fourth-order valence-electron chi connectivity index (χ4n) is 3.10. The fourth-order valence-corrected chi connectivity index (χ4v) is 4.30. The van der Waals surface area contributed by atoms with Gasteiger partial charge >= 0.3 is 0 Å². The average molecular weight is 391 g/mol. The highest BCUT2D eigenvalue weighted by Crippen LogP contribution is 2.27. The first kappa shape index (κ1) is 20.8. The first-order valence-corrected chi connectivity index (χ1v) is 10.5. The summed E-state index contributed by atoms with van der Waals surface area (Å²) in [6, 6.07) is 11.6. The molecule has 0 aromatic heterocycles. The van der Waals surface area contributed by atoms with E-state index in [9.17, 15) is 13.2 Å². The molecule has 1 N–H and O–H groups in total. The predicted molar refractivity (Wildman–Crippen MR) is 109 cm³/mol. The highest BCUT2D eigenvalue weighted by Gasteiger charge is 2.32. The molecule has 1 atom stereocenters. The largest absolute Gasteiger partial charge is 0.495 e. The number of para-hydroxylation sites is 2. The van der Waals surface area contributed by atoms with Crippen molar-refractivity contribution in [3.63, 3.8) is 0 Å². The van der Waals surface area contributed by atoms with E-state index in [2.05, 4.69) is 5.32 Å². The summed E-state index contributed by atoms with van der Waals surface area (Å²) in [7, 11) is -2.16. The molecule has 0 fully saturated rings. The molecule has 0 saturated carbocycles. The molecule has 7 heteroatoms. The van der Waals surface area contributed by atoms with Gasteiger partial charge in [0.25, 0.3) is 0 Å². The van der Waals surface area contributed by atoms with E-state index < -0.39 is 22.0 Å². The molecule has 0 spiro atoms. The van der Waals surface area contributed by atoms with Crippen LogP contribution in [0.4, 0.5) is 11.4 Å². The summed E-state index contributed by atoms with van der Waals surface area (Å²) in [5.74, 6) is 0.101. The van der Waals surface area contributed by atoms with E-state index in [1.54, 1.807) is 43.3 Å². The Morgan fingerprint density at radius 2 is 1.74 bits per heavy atom. The molecule has 0 aliphatic carbocycles. The van der Waals surface area contributed by atoms with Crippen LogP contribution in [-0.4, -0.2) is 33.7 Å². The molecular formula is C20H26N2O4S. The Hall–Kier alpha value is -2.54. The van der Waals surface area contributed by atoms with Gasteiger partial charge in [0.15, 0.2) is 0 Å². The maximum Gasteiger partial charge on any atom is 0.248 e. The SMILES string of the molecule is CC[C@@H](C(=O)Nc1ccccc1OC)N(c1cc(C)cc(C)c1)S(C)(=O)=O. The molecule has 0 heterocycles. The first-order chi connectivity index (χ1) is 12.7. The molecule has 2 rings (SSSR count). The monoisotopic (exact) mass is 390 g/mol. The van der Waals surface area contributed by atoms with Crippen molar-refractivity contribution in [1.82, 2.24) is 0 Å². The van der Waals surface area contributed by atoms with E-state index in [4.69, 9.17) is 4.74 Å². The molecule has 0 unspecified atom stereocenters. The van der Waals surface area contributed by atoms with Crippen LogP contribution in [0, 0.1) is 13.8 Å². The number of aryl methyl sites for hydroxylation is 2. The second-order valence-electron chi connectivity index (χ2n) is 6.52. The van der Waals surface area contributed by atoms with Gasteiger partial charge in [0.05, 0.1) is 24.7 Å². The second-order valence-corrected chi connectivity index (χ2v) is 8.38. The lowest BCUT2D eigenvalue weighted by molar-refractivity contribution is -0.117. The Labute approximate surface area is 161 Å². The van der Waals surface area contributed by atoms with Crippen molar-refractivity contribution in [2.24, 2.45) is 0 Å². The number of anilines is 2. The van der Waals surface area contributed by atoms with Gasteiger partial charge in [0, 0.05) is 0 Å². The molecule has 2 aromatic carbocycles. The minimum Gasteiger partial charge on any atom is -0.495 e. The number of hydrogen-bond donors (Lipinski definition) is 1. The topological polar surface area (TPSA) is 75.7 Å². The highest BCUT2D eigenvalue weighted by molar-refractivity contribution is 7.92. The molecule has 0 aliphatic rings. The van der Waals surface area contributed by atoms with Crippen molar-refractivity contribution in [2.45, 2.75) is 33.2 Å². The van der Waals surface area contributed by atoms with Crippen LogP contribution in [0.3, 0.4) is 0 Å². The Bertz CT molecular complexity index is 905. The molecule has 0 saturated heterocycles. The number of carbonyl (C=O) groups is 1. The lowest BCUT2D eigenvalue weighted by atomic mass is 10.1. The Morgan fingerprint density at radius 1 is 1.15 bits per heavy atom. The highest BCUT2D eigenvalue weighted by atomic mass is 32.2. The molecule has 146 valence electrons. The van der Waals surface area contributed by atoms with Gasteiger partial charge in [0.1, 0.15) is 11.8 Å². The number of benzene rings is 2. The molecule has 1 amide bonds. The normalized spacial score (nSPS) is 12.3. The van der Waals surface area contributed by atoms with Crippen molar-refractivity contribution < 1.29 is 17.9 Å². The van der Waals surface area contributed by atoms with Gasteiger partial charge in [-0.15, -0.1) is 0 Å². The number of hydrogen-bond acceptors (Lipinski definition) is 4. The Balaban J connectivity index is 2.44. The number of sulfonamides is 1. The van der Waals surface area contributed by atoms with Crippen LogP contribution in [0.2, 0.25) is 0 Å². The smallest absolute Gasteiger partial charge is 0.248 e. The van der Waals surface area contributed by atoms with Crippen LogP contribution in [-0.2, 0) is 14.8 Å². The van der Waals surface area contributed by atoms with Crippen molar-refractivity contribution >= 4 is 27.3 Å². The van der Waals surface area contributed by atoms with Crippen molar-refractivity contribution in [3.8, 4) is 5.75 Å². The minimum atomic E-state index is -3.67. The van der Waals surface area contributed by atoms with Crippen LogP contribution < -0.4 is 14.4 Å². The summed E-state index contributed by atoms with van der Waals surface area (Å²) in [5.41, 5.74) is 2.84. The summed E-state index contributed by atoms with van der Waals surface area (Å²) >= 11 is 0. The minimum absolute atomic E-state index is 0.320. The molecule has 0 bridgehead atoms. The summed E-state index contributed by atoms with van der Waals surface area (Å²) in [6.07, 6.45) is 1.44. The van der Waals surface area contributed by atoms with Gasteiger partial charge in [-0.3, -0.25) is 9.10 Å². The summed E-state index contributed by atoms with van der Waals surface area (Å²) in [4.78, 5) is 13.0. The molecule has 6 nitrogen and oxygen atoms in total. The quantitative estimate of drug-likeness (QED) is 0.785. The molecule has 27 heavy (non-hydrogen) atoms. The number of carbonyl (C=O) groups excluding carboxylic acids is 1. The van der Waals surface area contributed by atoms with Crippen molar-refractivity contribution in [3.05, 3.63) is 53.6 Å². The summed E-state index contributed by atoms with van der Waals surface area (Å²) in [6.45, 7) is 5.58. The van der Waals surface area contributed by atoms with Gasteiger partial charge in [0.2, 0.25) is 15.9 Å². The predicted octanol–water partition coefficient (Wildman–Crippen LogP) is 3.50. The summed E-state index contributed by atoms with van der Waals surface area (Å²) < 4.78 is 31.6. The van der Waals surface area contributed by atoms with Crippen LogP contribution >= 0.6 is 0 Å². The zero-order valence-corrected chi connectivity index (χ0v) is 17.1. The first-order valence-electron chi connectivity index (χ1n) is 8.69. The average Bonchev–Trinajstić information content (AvgIpc) is 2.57. The third-order valence-electron chi connectivity index (χ3n) is 4.16. The second kappa shape index (κ2) is 8.43. The van der Waals surface area contributed by atoms with Crippen LogP contribution in [0.25, 0.3) is 0 Å². The van der Waals surface area contributed by atoms with E-state index in [0.29, 0.717) is 23.5 Å². The zero-order chi connectivity index (χ0) is 20.2. The third kappa shape index (κ3) is 5.01. The van der Waals surface area contributed by atoms with Gasteiger partial charge in [-0.25, -0.2) is 8.42 Å². The zero-order valence-electron chi connectivity index (χ0n) is 16.3. The van der Waals surface area contributed by atoms with Gasteiger partial charge in [-0.05, 0) is 55.7 Å². The number of nitrogens with one attached hydrogen (secondary N) is 1.